The molecule has 36 heavy (non-hydrogen) atoms. The van der Waals surface area contributed by atoms with Crippen molar-refractivity contribution < 1.29 is 9.47 Å². The van der Waals surface area contributed by atoms with Gasteiger partial charge in [-0.1, -0.05) is 105 Å². The molecule has 12 heteroatoms. The van der Waals surface area contributed by atoms with Gasteiger partial charge in [-0.05, 0) is 30.3 Å². The van der Waals surface area contributed by atoms with Crippen molar-refractivity contribution in [3.63, 3.8) is 0 Å². The second-order valence-corrected chi connectivity index (χ2v) is 10.7. The molecule has 0 heterocycles. The fraction of sp³-hybridized carbons (Fsp3) is 0.0833. The van der Waals surface area contributed by atoms with E-state index in [9.17, 15) is 0 Å². The van der Waals surface area contributed by atoms with Gasteiger partial charge >= 0.3 is 0 Å². The van der Waals surface area contributed by atoms with E-state index < -0.39 is 11.7 Å². The van der Waals surface area contributed by atoms with Crippen LogP contribution in [0.5, 0.6) is 11.5 Å². The Kier molecular flexibility index (Phi) is 8.31. The highest BCUT2D eigenvalue weighted by molar-refractivity contribution is 6.53. The second-order valence-electron chi connectivity index (χ2n) is 7.62. The molecular formula is C24H14Cl8N2O2. The Morgan fingerprint density at radius 2 is 1.25 bits per heavy atom. The van der Waals surface area contributed by atoms with Gasteiger partial charge in [0.15, 0.2) is 6.10 Å². The van der Waals surface area contributed by atoms with E-state index in [0.29, 0.717) is 17.1 Å². The maximum absolute atomic E-state index is 6.91. The molecule has 0 bridgehead atoms. The number of nitrogens with two attached hydrogens (primary N) is 2. The summed E-state index contributed by atoms with van der Waals surface area (Å²) in [5, 5.41) is -0.262. The molecule has 0 saturated heterocycles. The van der Waals surface area contributed by atoms with E-state index in [1.807, 2.05) is 0 Å². The number of benzene rings is 3. The number of hydrogen-bond donors (Lipinski definition) is 2. The summed E-state index contributed by atoms with van der Waals surface area (Å²) in [6.07, 6.45) is -1.25. The van der Waals surface area contributed by atoms with E-state index in [1.54, 1.807) is 48.5 Å². The quantitative estimate of drug-likeness (QED) is 0.165. The summed E-state index contributed by atoms with van der Waals surface area (Å²) >= 11 is 52.5. The zero-order valence-corrected chi connectivity index (χ0v) is 23.8. The van der Waals surface area contributed by atoms with Crippen LogP contribution in [-0.4, -0.2) is 6.10 Å². The van der Waals surface area contributed by atoms with E-state index >= 15 is 0 Å². The van der Waals surface area contributed by atoms with Crippen molar-refractivity contribution in [1.29, 1.82) is 0 Å². The second kappa shape index (κ2) is 10.8. The number of ether oxygens (including phenoxy) is 2. The van der Waals surface area contributed by atoms with Gasteiger partial charge in [0, 0.05) is 29.1 Å². The van der Waals surface area contributed by atoms with Crippen LogP contribution < -0.4 is 20.9 Å². The van der Waals surface area contributed by atoms with Gasteiger partial charge < -0.3 is 20.9 Å². The standard InChI is InChI=1S/C24H14Cl8N2O2/c25-15-9-14(16(26)18(28)17(15)27)24(36-13-6-2-4-11(34)8-13)22(32)20(30)19(29)21(31)23(24)35-12-5-1-3-10(33)7-12/h1-9,23H,33-34H2. The van der Waals surface area contributed by atoms with Gasteiger partial charge in [-0.3, -0.25) is 0 Å². The number of halogens is 8. The molecule has 0 saturated carbocycles. The van der Waals surface area contributed by atoms with Gasteiger partial charge in [0.2, 0.25) is 5.60 Å². The van der Waals surface area contributed by atoms with Crippen LogP contribution in [0.4, 0.5) is 11.4 Å². The fourth-order valence-electron chi connectivity index (χ4n) is 3.65. The molecule has 0 fully saturated rings. The first-order valence-corrected chi connectivity index (χ1v) is 13.0. The highest BCUT2D eigenvalue weighted by Gasteiger charge is 2.56. The first kappa shape index (κ1) is 27.7. The molecule has 0 aliphatic heterocycles. The summed E-state index contributed by atoms with van der Waals surface area (Å²) in [5.41, 5.74) is 11.1. The predicted octanol–water partition coefficient (Wildman–Crippen LogP) is 9.58. The van der Waals surface area contributed by atoms with E-state index in [0.717, 1.165) is 0 Å². The van der Waals surface area contributed by atoms with Crippen molar-refractivity contribution in [3.8, 4) is 11.5 Å². The van der Waals surface area contributed by atoms with Gasteiger partial charge in [0.25, 0.3) is 0 Å². The molecular weight excluding hydrogens is 632 g/mol. The summed E-state index contributed by atoms with van der Waals surface area (Å²) in [6, 6.07) is 14.6. The maximum Gasteiger partial charge on any atom is 0.214 e. The Balaban J connectivity index is 2.07. The van der Waals surface area contributed by atoms with Crippen LogP contribution in [-0.2, 0) is 5.60 Å². The SMILES string of the molecule is Nc1cccc(OC2C(Cl)=C(Cl)C(Cl)=C(Cl)C2(Oc2cccc(N)c2)c2cc(Cl)c(Cl)c(Cl)c2Cl)c1. The molecule has 4 nitrogen and oxygen atoms in total. The molecule has 0 aromatic heterocycles. The Morgan fingerprint density at radius 1 is 0.667 bits per heavy atom. The molecule has 2 unspecified atom stereocenters. The van der Waals surface area contributed by atoms with Crippen LogP contribution >= 0.6 is 92.8 Å². The largest absolute Gasteiger partial charge is 0.480 e. The molecule has 3 aromatic carbocycles. The third-order valence-corrected chi connectivity index (χ3v) is 8.94. The Hall–Kier alpha value is -1.34. The average molecular weight is 646 g/mol. The van der Waals surface area contributed by atoms with Gasteiger partial charge in [0.1, 0.15) is 11.5 Å². The van der Waals surface area contributed by atoms with Crippen molar-refractivity contribution in [3.05, 3.63) is 100 Å². The zero-order chi connectivity index (χ0) is 26.4. The van der Waals surface area contributed by atoms with E-state index in [-0.39, 0.29) is 51.5 Å². The minimum atomic E-state index is -1.86. The van der Waals surface area contributed by atoms with Crippen LogP contribution in [0.15, 0.2) is 74.7 Å². The first-order valence-electron chi connectivity index (χ1n) is 9.98. The molecule has 0 amide bonds. The zero-order valence-electron chi connectivity index (χ0n) is 17.8. The van der Waals surface area contributed by atoms with E-state index in [1.165, 1.54) is 6.07 Å². The minimum absolute atomic E-state index is 0.0266. The highest BCUT2D eigenvalue weighted by Crippen LogP contribution is 2.56. The molecule has 4 N–H and O–H groups in total. The van der Waals surface area contributed by atoms with E-state index in [2.05, 4.69) is 0 Å². The van der Waals surface area contributed by atoms with Crippen molar-refractivity contribution in [2.24, 2.45) is 0 Å². The van der Waals surface area contributed by atoms with Crippen molar-refractivity contribution in [2.45, 2.75) is 11.7 Å². The van der Waals surface area contributed by atoms with Crippen LogP contribution in [0.1, 0.15) is 5.56 Å². The molecule has 2 atom stereocenters. The maximum atomic E-state index is 6.91. The summed E-state index contributed by atoms with van der Waals surface area (Å²) < 4.78 is 12.8. The van der Waals surface area contributed by atoms with Gasteiger partial charge in [-0.2, -0.15) is 0 Å². The third-order valence-electron chi connectivity index (χ3n) is 5.27. The molecule has 188 valence electrons. The monoisotopic (exact) mass is 642 g/mol. The van der Waals surface area contributed by atoms with Crippen LogP contribution in [0, 0.1) is 0 Å². The summed E-state index contributed by atoms with van der Waals surface area (Å²) in [5.74, 6) is 0.604. The molecule has 0 radical (unpaired) electrons. The number of rotatable bonds is 5. The van der Waals surface area contributed by atoms with Gasteiger partial charge in [0.05, 0.1) is 40.2 Å². The van der Waals surface area contributed by atoms with Gasteiger partial charge in [-0.15, -0.1) is 0 Å². The van der Waals surface area contributed by atoms with Crippen LogP contribution in [0.2, 0.25) is 20.1 Å². The van der Waals surface area contributed by atoms with Crippen molar-refractivity contribution in [1.82, 2.24) is 0 Å². The average Bonchev–Trinajstić information content (AvgIpc) is 2.84. The number of allylic oxidation sites excluding steroid dienone is 2. The van der Waals surface area contributed by atoms with Crippen molar-refractivity contribution >= 4 is 104 Å². The van der Waals surface area contributed by atoms with Gasteiger partial charge in [-0.25, -0.2) is 0 Å². The minimum Gasteiger partial charge on any atom is -0.480 e. The lowest BCUT2D eigenvalue weighted by molar-refractivity contribution is 0.00896. The normalized spacial score (nSPS) is 20.1. The third kappa shape index (κ3) is 4.91. The molecule has 1 aliphatic rings. The predicted molar refractivity (Wildman–Crippen MR) is 152 cm³/mol. The number of anilines is 2. The van der Waals surface area contributed by atoms with Crippen molar-refractivity contribution in [2.75, 3.05) is 11.5 Å². The smallest absolute Gasteiger partial charge is 0.214 e. The molecule has 1 aliphatic carbocycles. The lowest BCUT2D eigenvalue weighted by atomic mass is 9.83. The fourth-order valence-corrected chi connectivity index (χ4v) is 5.75. The van der Waals surface area contributed by atoms with Crippen LogP contribution in [0.3, 0.4) is 0 Å². The Labute approximate surface area is 247 Å². The Morgan fingerprint density at radius 3 is 1.86 bits per heavy atom. The van der Waals surface area contributed by atoms with Crippen LogP contribution in [0.25, 0.3) is 0 Å². The topological polar surface area (TPSA) is 70.5 Å². The summed E-state index contributed by atoms with van der Waals surface area (Å²) in [6.45, 7) is 0. The summed E-state index contributed by atoms with van der Waals surface area (Å²) in [4.78, 5) is 0. The molecule has 4 rings (SSSR count). The molecule has 3 aromatic rings. The highest BCUT2D eigenvalue weighted by atomic mass is 35.5. The number of nitrogen functional groups attached to an aromatic ring is 2. The Bertz CT molecular complexity index is 1430. The molecule has 0 spiro atoms. The lowest BCUT2D eigenvalue weighted by Crippen LogP contribution is -2.51. The first-order chi connectivity index (χ1) is 17.0. The van der Waals surface area contributed by atoms with E-state index in [4.69, 9.17) is 114 Å². The lowest BCUT2D eigenvalue weighted by Gasteiger charge is -2.43. The number of hydrogen-bond acceptors (Lipinski definition) is 4. The summed E-state index contributed by atoms with van der Waals surface area (Å²) in [7, 11) is 0.